The number of hydrogen-bond donors (Lipinski definition) is 1. The van der Waals surface area contributed by atoms with Crippen molar-refractivity contribution in [2.24, 2.45) is 0 Å². The summed E-state index contributed by atoms with van der Waals surface area (Å²) in [6.07, 6.45) is 2.38. The monoisotopic (exact) mass is 455 g/mol. The Morgan fingerprint density at radius 3 is 2.75 bits per heavy atom. The van der Waals surface area contributed by atoms with Gasteiger partial charge in [0.25, 0.3) is 5.91 Å². The molecule has 1 aliphatic heterocycles. The Labute approximate surface area is 191 Å². The number of benzene rings is 1. The summed E-state index contributed by atoms with van der Waals surface area (Å²) in [6.45, 7) is 5.44. The summed E-state index contributed by atoms with van der Waals surface area (Å²) in [6, 6.07) is 12.7. The minimum atomic E-state index is -0.140. The van der Waals surface area contributed by atoms with Crippen LogP contribution < -0.4 is 5.32 Å². The first-order valence-electron chi connectivity index (χ1n) is 10.7. The van der Waals surface area contributed by atoms with E-state index in [0.717, 1.165) is 18.7 Å². The Morgan fingerprint density at radius 2 is 2.00 bits per heavy atom. The van der Waals surface area contributed by atoms with Crippen molar-refractivity contribution in [3.63, 3.8) is 0 Å². The highest BCUT2D eigenvalue weighted by Crippen LogP contribution is 2.26. The molecule has 1 saturated heterocycles. The molecule has 8 nitrogen and oxygen atoms in total. The zero-order valence-corrected chi connectivity index (χ0v) is 18.7. The quantitative estimate of drug-likeness (QED) is 0.617. The van der Waals surface area contributed by atoms with Gasteiger partial charge in [0.15, 0.2) is 11.5 Å². The zero-order chi connectivity index (χ0) is 22.5. The molecule has 3 aromatic rings. The van der Waals surface area contributed by atoms with Gasteiger partial charge in [-0.25, -0.2) is 4.68 Å². The number of aromatic nitrogens is 2. The molecular formula is C23H26ClN5O3. The van der Waals surface area contributed by atoms with E-state index in [0.29, 0.717) is 54.9 Å². The summed E-state index contributed by atoms with van der Waals surface area (Å²) in [5.41, 5.74) is 1.76. The number of carbonyl (C=O) groups excluding carboxylic acids is 2. The van der Waals surface area contributed by atoms with Crippen LogP contribution in [-0.4, -0.2) is 70.7 Å². The lowest BCUT2D eigenvalue weighted by Crippen LogP contribution is -2.40. The maximum Gasteiger partial charge on any atom is 0.274 e. The van der Waals surface area contributed by atoms with Crippen LogP contribution in [0, 0.1) is 0 Å². The van der Waals surface area contributed by atoms with E-state index in [1.165, 1.54) is 0 Å². The Kier molecular flexibility index (Phi) is 6.92. The first-order valence-corrected chi connectivity index (χ1v) is 11.1. The lowest BCUT2D eigenvalue weighted by molar-refractivity contribution is -0.122. The molecule has 2 aromatic heterocycles. The van der Waals surface area contributed by atoms with Crippen molar-refractivity contribution < 1.29 is 14.0 Å². The van der Waals surface area contributed by atoms with Gasteiger partial charge < -0.3 is 14.6 Å². The molecule has 1 aromatic carbocycles. The summed E-state index contributed by atoms with van der Waals surface area (Å²) in [5.74, 6) is 0.481. The fourth-order valence-electron chi connectivity index (χ4n) is 3.84. The van der Waals surface area contributed by atoms with Gasteiger partial charge in [0.05, 0.1) is 18.5 Å². The van der Waals surface area contributed by atoms with Crippen LogP contribution in [0.15, 0.2) is 53.1 Å². The molecule has 0 spiro atoms. The van der Waals surface area contributed by atoms with Gasteiger partial charge in [-0.1, -0.05) is 17.7 Å². The summed E-state index contributed by atoms with van der Waals surface area (Å²) in [5, 5.41) is 8.01. The minimum absolute atomic E-state index is 0.00984. The number of nitrogens with zero attached hydrogens (tertiary/aromatic N) is 4. The fraction of sp³-hybridized carbons (Fsp3) is 0.348. The second-order valence-electron chi connectivity index (χ2n) is 7.66. The second kappa shape index (κ2) is 10.0. The van der Waals surface area contributed by atoms with Crippen LogP contribution in [0.5, 0.6) is 0 Å². The van der Waals surface area contributed by atoms with E-state index in [1.54, 1.807) is 40.1 Å². The van der Waals surface area contributed by atoms with Crippen LogP contribution in [0.2, 0.25) is 5.02 Å². The maximum absolute atomic E-state index is 13.3. The van der Waals surface area contributed by atoms with E-state index in [-0.39, 0.29) is 11.8 Å². The third-order valence-electron chi connectivity index (χ3n) is 5.37. The Balaban J connectivity index is 1.55. The molecule has 3 heterocycles. The largest absolute Gasteiger partial charge is 0.463 e. The van der Waals surface area contributed by atoms with Crippen LogP contribution in [0.1, 0.15) is 23.8 Å². The second-order valence-corrected chi connectivity index (χ2v) is 8.10. The molecule has 0 atom stereocenters. The summed E-state index contributed by atoms with van der Waals surface area (Å²) in [4.78, 5) is 29.1. The van der Waals surface area contributed by atoms with Crippen LogP contribution in [0.25, 0.3) is 17.1 Å². The molecular weight excluding hydrogens is 430 g/mol. The highest BCUT2D eigenvalue weighted by Gasteiger charge is 2.25. The van der Waals surface area contributed by atoms with E-state index in [2.05, 4.69) is 15.3 Å². The molecule has 4 rings (SSSR count). The predicted molar refractivity (Wildman–Crippen MR) is 122 cm³/mol. The number of hydrogen-bond acceptors (Lipinski definition) is 5. The third kappa shape index (κ3) is 5.03. The van der Waals surface area contributed by atoms with Gasteiger partial charge in [0.2, 0.25) is 5.91 Å². The van der Waals surface area contributed by atoms with Crippen molar-refractivity contribution >= 4 is 23.4 Å². The average Bonchev–Trinajstić information content (AvgIpc) is 3.40. The molecule has 1 N–H and O–H groups in total. The van der Waals surface area contributed by atoms with E-state index in [4.69, 9.17) is 16.0 Å². The van der Waals surface area contributed by atoms with Crippen LogP contribution in [-0.2, 0) is 4.79 Å². The van der Waals surface area contributed by atoms with Gasteiger partial charge >= 0.3 is 0 Å². The smallest absolute Gasteiger partial charge is 0.274 e. The number of halogens is 1. The SMILES string of the molecule is CCNC(=O)CN1CCCN(C(=O)c2cc(-c3ccco3)n(-c3cccc(Cl)c3)n2)CC1. The van der Waals surface area contributed by atoms with Gasteiger partial charge in [0.1, 0.15) is 5.69 Å². The molecule has 1 fully saturated rings. The van der Waals surface area contributed by atoms with E-state index in [9.17, 15) is 9.59 Å². The topological polar surface area (TPSA) is 83.6 Å². The van der Waals surface area contributed by atoms with E-state index in [1.807, 2.05) is 25.1 Å². The van der Waals surface area contributed by atoms with Crippen LogP contribution in [0.4, 0.5) is 0 Å². The third-order valence-corrected chi connectivity index (χ3v) is 5.61. The lowest BCUT2D eigenvalue weighted by atomic mass is 10.2. The normalized spacial score (nSPS) is 14.9. The predicted octanol–water partition coefficient (Wildman–Crippen LogP) is 3.07. The van der Waals surface area contributed by atoms with Gasteiger partial charge in [-0.05, 0) is 43.7 Å². The van der Waals surface area contributed by atoms with Crippen molar-refractivity contribution in [2.75, 3.05) is 39.3 Å². The number of rotatable bonds is 6. The van der Waals surface area contributed by atoms with Crippen LogP contribution in [0.3, 0.4) is 0 Å². The zero-order valence-electron chi connectivity index (χ0n) is 18.0. The number of nitrogens with one attached hydrogen (secondary N) is 1. The molecule has 0 radical (unpaired) electrons. The maximum atomic E-state index is 13.3. The van der Waals surface area contributed by atoms with Crippen molar-refractivity contribution in [3.8, 4) is 17.1 Å². The number of carbonyl (C=O) groups is 2. The molecule has 0 bridgehead atoms. The summed E-state index contributed by atoms with van der Waals surface area (Å²) in [7, 11) is 0. The van der Waals surface area contributed by atoms with Crippen molar-refractivity contribution in [1.29, 1.82) is 0 Å². The average molecular weight is 456 g/mol. The van der Waals surface area contributed by atoms with Gasteiger partial charge in [-0.2, -0.15) is 5.10 Å². The van der Waals surface area contributed by atoms with Gasteiger partial charge in [-0.15, -0.1) is 0 Å². The number of amides is 2. The molecule has 0 saturated carbocycles. The van der Waals surface area contributed by atoms with Gasteiger partial charge in [-0.3, -0.25) is 14.5 Å². The highest BCUT2D eigenvalue weighted by molar-refractivity contribution is 6.30. The molecule has 32 heavy (non-hydrogen) atoms. The van der Waals surface area contributed by atoms with E-state index < -0.39 is 0 Å². The lowest BCUT2D eigenvalue weighted by Gasteiger charge is -2.21. The van der Waals surface area contributed by atoms with Crippen LogP contribution >= 0.6 is 11.6 Å². The molecule has 1 aliphatic rings. The molecule has 9 heteroatoms. The number of likely N-dealkylation sites (N-methyl/N-ethyl adjacent to an activating group) is 1. The van der Waals surface area contributed by atoms with Crippen molar-refractivity contribution in [3.05, 3.63) is 59.4 Å². The van der Waals surface area contributed by atoms with Crippen molar-refractivity contribution in [2.45, 2.75) is 13.3 Å². The fourth-order valence-corrected chi connectivity index (χ4v) is 4.02. The molecule has 2 amide bonds. The summed E-state index contributed by atoms with van der Waals surface area (Å²) >= 11 is 6.18. The first kappa shape index (κ1) is 22.1. The standard InChI is InChI=1S/C23H26ClN5O3/c1-2-25-22(30)16-27-9-5-10-28(12-11-27)23(31)19-15-20(21-8-4-13-32-21)29(26-19)18-7-3-6-17(24)14-18/h3-4,6-8,13-15H,2,5,9-12,16H2,1H3,(H,25,30). The first-order chi connectivity index (χ1) is 15.5. The number of furan rings is 1. The Hall–Kier alpha value is -3.10. The Bertz CT molecular complexity index is 1080. The van der Waals surface area contributed by atoms with Crippen molar-refractivity contribution in [1.82, 2.24) is 24.9 Å². The Morgan fingerprint density at radius 1 is 1.12 bits per heavy atom. The molecule has 168 valence electrons. The highest BCUT2D eigenvalue weighted by atomic mass is 35.5. The van der Waals surface area contributed by atoms with Gasteiger partial charge in [0, 0.05) is 43.8 Å². The summed E-state index contributed by atoms with van der Waals surface area (Å²) < 4.78 is 7.26. The molecule has 0 unspecified atom stereocenters. The van der Waals surface area contributed by atoms with E-state index >= 15 is 0 Å². The minimum Gasteiger partial charge on any atom is -0.463 e. The molecule has 0 aliphatic carbocycles.